The van der Waals surface area contributed by atoms with Gasteiger partial charge in [0.25, 0.3) is 12.3 Å². The summed E-state index contributed by atoms with van der Waals surface area (Å²) < 4.78 is 70.4. The van der Waals surface area contributed by atoms with E-state index in [0.717, 1.165) is 6.20 Å². The molecule has 0 aromatic carbocycles. The van der Waals surface area contributed by atoms with Crippen molar-refractivity contribution in [3.8, 4) is 0 Å². The first-order valence-corrected chi connectivity index (χ1v) is 11.5. The molecule has 0 aliphatic rings. The number of carbonyl (C=O) groups is 1. The molecule has 5 nitrogen and oxygen atoms in total. The van der Waals surface area contributed by atoms with Crippen LogP contribution >= 0.6 is 0 Å². The number of hydrogen-bond acceptors (Lipinski definition) is 4. The highest BCUT2D eigenvalue weighted by Crippen LogP contribution is 2.35. The average molecular weight is 508 g/mol. The van der Waals surface area contributed by atoms with E-state index in [1.807, 2.05) is 48.5 Å². The monoisotopic (exact) mass is 507 g/mol. The zero-order valence-corrected chi connectivity index (χ0v) is 22.1. The second-order valence-electron chi connectivity index (χ2n) is 5.84. The first kappa shape index (κ1) is 39.2. The van der Waals surface area contributed by atoms with Crippen molar-refractivity contribution in [1.82, 2.24) is 10.3 Å². The SMILES string of the molecule is CC.CC.CC.CCCN(c1ncc(C(F)(F)F)c(C)c1C(=O)NC)[C@@H](C)CO.FCC(F)F. The van der Waals surface area contributed by atoms with E-state index in [1.165, 1.54) is 14.0 Å². The smallest absolute Gasteiger partial charge is 0.394 e. The predicted molar refractivity (Wildman–Crippen MR) is 128 cm³/mol. The summed E-state index contributed by atoms with van der Waals surface area (Å²) in [5.41, 5.74) is -1.22. The maximum absolute atomic E-state index is 13.1. The van der Waals surface area contributed by atoms with Gasteiger partial charge in [-0.05, 0) is 25.8 Å². The van der Waals surface area contributed by atoms with Crippen LogP contribution in [0, 0.1) is 6.92 Å². The molecule has 0 unspecified atom stereocenters. The molecule has 0 aliphatic heterocycles. The normalized spacial score (nSPS) is 10.6. The molecule has 11 heteroatoms. The zero-order chi connectivity index (χ0) is 28.1. The lowest BCUT2D eigenvalue weighted by molar-refractivity contribution is -0.138. The summed E-state index contributed by atoms with van der Waals surface area (Å²) in [4.78, 5) is 17.7. The fourth-order valence-electron chi connectivity index (χ4n) is 2.36. The number of alkyl halides is 6. The number of amides is 1. The molecule has 1 atom stereocenters. The van der Waals surface area contributed by atoms with E-state index in [9.17, 15) is 36.2 Å². The van der Waals surface area contributed by atoms with E-state index in [4.69, 9.17) is 0 Å². The number of halogens is 6. The Morgan fingerprint density at radius 3 is 1.88 bits per heavy atom. The first-order chi connectivity index (χ1) is 16.0. The van der Waals surface area contributed by atoms with Gasteiger partial charge in [0.1, 0.15) is 5.82 Å². The van der Waals surface area contributed by atoms with Gasteiger partial charge in [-0.1, -0.05) is 48.5 Å². The number of aliphatic hydroxyl groups excluding tert-OH is 1. The number of aliphatic hydroxyl groups is 1. The largest absolute Gasteiger partial charge is 0.418 e. The number of carbonyl (C=O) groups excluding carboxylic acids is 1. The van der Waals surface area contributed by atoms with Crippen LogP contribution in [0.4, 0.5) is 32.2 Å². The van der Waals surface area contributed by atoms with Gasteiger partial charge in [-0.25, -0.2) is 18.2 Å². The molecule has 0 saturated carbocycles. The minimum atomic E-state index is -4.59. The third-order valence-electron chi connectivity index (χ3n) is 3.73. The Bertz CT molecular complexity index is 629. The van der Waals surface area contributed by atoms with Crippen molar-refractivity contribution in [3.63, 3.8) is 0 Å². The van der Waals surface area contributed by atoms with Crippen LogP contribution in [0.2, 0.25) is 0 Å². The lowest BCUT2D eigenvalue weighted by Gasteiger charge is -2.31. The van der Waals surface area contributed by atoms with E-state index < -0.39 is 30.7 Å². The molecule has 0 saturated heterocycles. The van der Waals surface area contributed by atoms with Crippen LogP contribution in [0.1, 0.15) is 83.3 Å². The Morgan fingerprint density at radius 1 is 1.15 bits per heavy atom. The van der Waals surface area contributed by atoms with Gasteiger partial charge < -0.3 is 15.3 Å². The fraction of sp³-hybridized carbons (Fsp3) is 0.739. The maximum Gasteiger partial charge on any atom is 0.418 e. The molecule has 0 aliphatic carbocycles. The molecule has 1 aromatic heterocycles. The van der Waals surface area contributed by atoms with Crippen LogP contribution in [0.5, 0.6) is 0 Å². The Kier molecular flexibility index (Phi) is 26.2. The molecule has 1 rings (SSSR count). The number of hydrogen-bond donors (Lipinski definition) is 2. The van der Waals surface area contributed by atoms with Crippen LogP contribution in [-0.2, 0) is 6.18 Å². The quantitative estimate of drug-likeness (QED) is 0.405. The van der Waals surface area contributed by atoms with E-state index in [0.29, 0.717) is 13.0 Å². The minimum absolute atomic E-state index is 0.115. The molecule has 0 fully saturated rings. The highest BCUT2D eigenvalue weighted by atomic mass is 19.4. The van der Waals surface area contributed by atoms with Gasteiger partial charge in [0, 0.05) is 19.8 Å². The van der Waals surface area contributed by atoms with Gasteiger partial charge in [0.05, 0.1) is 23.8 Å². The summed E-state index contributed by atoms with van der Waals surface area (Å²) in [5, 5.41) is 11.7. The van der Waals surface area contributed by atoms with Crippen LogP contribution in [-0.4, -0.2) is 55.3 Å². The predicted octanol–water partition coefficient (Wildman–Crippen LogP) is 6.67. The van der Waals surface area contributed by atoms with E-state index >= 15 is 0 Å². The molecule has 0 radical (unpaired) electrons. The molecule has 204 valence electrons. The third kappa shape index (κ3) is 14.3. The second kappa shape index (κ2) is 22.7. The average Bonchev–Trinajstić information content (AvgIpc) is 2.84. The highest BCUT2D eigenvalue weighted by molar-refractivity contribution is 6.00. The molecular weight excluding hydrogens is 464 g/mol. The highest BCUT2D eigenvalue weighted by Gasteiger charge is 2.36. The molecule has 0 bridgehead atoms. The number of aromatic nitrogens is 1. The standard InChI is InChI=1S/C15H22F3N3O2.C2H3F3.3C2H6/c1-5-6-21(9(2)8-22)13-12(14(23)19-4)10(3)11(7-20-13)15(16,17)18;3-1-2(4)5;3*1-2/h7,9,22H,5-6,8H2,1-4H3,(H,19,23);2H,1H2;3*1-2H3/t9-;;;;/m0..../s1. The summed E-state index contributed by atoms with van der Waals surface area (Å²) >= 11 is 0. The summed E-state index contributed by atoms with van der Waals surface area (Å²) in [6, 6.07) is -0.373. The van der Waals surface area contributed by atoms with Gasteiger partial charge in [-0.3, -0.25) is 4.79 Å². The van der Waals surface area contributed by atoms with Crippen molar-refractivity contribution in [3.05, 3.63) is 22.9 Å². The number of rotatable bonds is 7. The second-order valence-corrected chi connectivity index (χ2v) is 5.84. The Hall–Kier alpha value is -2.04. The van der Waals surface area contributed by atoms with Crippen LogP contribution in [0.25, 0.3) is 0 Å². The van der Waals surface area contributed by atoms with Gasteiger partial charge >= 0.3 is 6.18 Å². The third-order valence-corrected chi connectivity index (χ3v) is 3.73. The van der Waals surface area contributed by atoms with Crippen molar-refractivity contribution in [2.24, 2.45) is 0 Å². The lowest BCUT2D eigenvalue weighted by Crippen LogP contribution is -2.39. The summed E-state index contributed by atoms with van der Waals surface area (Å²) in [7, 11) is 1.35. The molecule has 1 heterocycles. The summed E-state index contributed by atoms with van der Waals surface area (Å²) in [5.74, 6) is -0.486. The van der Waals surface area contributed by atoms with Crippen LogP contribution < -0.4 is 10.2 Å². The lowest BCUT2D eigenvalue weighted by atomic mass is 10.0. The molecular formula is C23H43F6N3O2. The van der Waals surface area contributed by atoms with Gasteiger partial charge in [-0.15, -0.1) is 0 Å². The van der Waals surface area contributed by atoms with Crippen LogP contribution in [0.3, 0.4) is 0 Å². The molecule has 1 amide bonds. The van der Waals surface area contributed by atoms with E-state index in [-0.39, 0.29) is 29.6 Å². The first-order valence-electron chi connectivity index (χ1n) is 11.5. The van der Waals surface area contributed by atoms with E-state index in [1.54, 1.807) is 11.8 Å². The Balaban J connectivity index is -0.000000348. The maximum atomic E-state index is 13.1. The van der Waals surface area contributed by atoms with Gasteiger partial charge in [0.2, 0.25) is 0 Å². The zero-order valence-electron chi connectivity index (χ0n) is 22.1. The molecule has 2 N–H and O–H groups in total. The van der Waals surface area contributed by atoms with Gasteiger partial charge in [0.15, 0.2) is 6.67 Å². The summed E-state index contributed by atoms with van der Waals surface area (Å²) in [6.07, 6.45) is -5.94. The van der Waals surface area contributed by atoms with Crippen molar-refractivity contribution in [2.75, 3.05) is 31.8 Å². The van der Waals surface area contributed by atoms with Crippen molar-refractivity contribution >= 4 is 11.7 Å². The Labute approximate surface area is 201 Å². The van der Waals surface area contributed by atoms with Crippen molar-refractivity contribution in [2.45, 2.75) is 87.4 Å². The minimum Gasteiger partial charge on any atom is -0.394 e. The molecule has 0 spiro atoms. The van der Waals surface area contributed by atoms with Crippen molar-refractivity contribution in [1.29, 1.82) is 0 Å². The molecule has 1 aromatic rings. The summed E-state index contributed by atoms with van der Waals surface area (Å²) in [6.45, 7) is 15.6. The Morgan fingerprint density at radius 2 is 1.59 bits per heavy atom. The van der Waals surface area contributed by atoms with Crippen molar-refractivity contribution < 1.29 is 36.2 Å². The topological polar surface area (TPSA) is 65.5 Å². The number of anilines is 1. The van der Waals surface area contributed by atoms with Gasteiger partial charge in [-0.2, -0.15) is 13.2 Å². The number of nitrogens with zero attached hydrogens (tertiary/aromatic N) is 2. The van der Waals surface area contributed by atoms with Crippen LogP contribution in [0.15, 0.2) is 6.20 Å². The number of pyridine rings is 1. The number of nitrogens with one attached hydrogen (secondary N) is 1. The molecule has 34 heavy (non-hydrogen) atoms. The fourth-order valence-corrected chi connectivity index (χ4v) is 2.36. The van der Waals surface area contributed by atoms with E-state index in [2.05, 4.69) is 10.3 Å².